The van der Waals surface area contributed by atoms with Crippen molar-refractivity contribution in [3.63, 3.8) is 0 Å². The summed E-state index contributed by atoms with van der Waals surface area (Å²) in [6.07, 6.45) is 3.35. The van der Waals surface area contributed by atoms with Crippen LogP contribution in [0.4, 0.5) is 0 Å². The maximum atomic E-state index is 6.22. The lowest BCUT2D eigenvalue weighted by Crippen LogP contribution is -2.41. The van der Waals surface area contributed by atoms with Gasteiger partial charge >= 0.3 is 0 Å². The van der Waals surface area contributed by atoms with Crippen LogP contribution in [0.15, 0.2) is 42.1 Å². The molecule has 0 aliphatic carbocycles. The zero-order chi connectivity index (χ0) is 16.1. The Kier molecular flexibility index (Phi) is 6.20. The maximum Gasteiger partial charge on any atom is 0.191 e. The number of benzene rings is 1. The molecule has 0 spiro atoms. The molecule has 0 fully saturated rings. The van der Waals surface area contributed by atoms with E-state index in [0.717, 1.165) is 13.0 Å². The molecule has 0 bridgehead atoms. The molecule has 0 saturated heterocycles. The van der Waals surface area contributed by atoms with Crippen LogP contribution in [0.2, 0.25) is 31.2 Å². The molecule has 1 aromatic rings. The van der Waals surface area contributed by atoms with Crippen molar-refractivity contribution in [2.75, 3.05) is 6.61 Å². The molecule has 1 aromatic carbocycles. The zero-order valence-corrected chi connectivity index (χ0v) is 16.9. The summed E-state index contributed by atoms with van der Waals surface area (Å²) >= 11 is 0. The van der Waals surface area contributed by atoms with Gasteiger partial charge in [-0.25, -0.2) is 0 Å². The third kappa shape index (κ3) is 5.57. The van der Waals surface area contributed by atoms with Crippen molar-refractivity contribution in [1.29, 1.82) is 0 Å². The standard InChI is InChI=1S/C18H32OSi2/c1-18(2,3)21(6,7)19-15-11-12-16-20(4,5)17-13-9-8-10-14-17/h8-10,12-14,16H,11,15H2,1-7H3/b16-12-. The molecule has 118 valence electrons. The molecule has 0 heterocycles. The van der Waals surface area contributed by atoms with Crippen LogP contribution in [0.5, 0.6) is 0 Å². The highest BCUT2D eigenvalue weighted by Gasteiger charge is 2.36. The van der Waals surface area contributed by atoms with Crippen molar-refractivity contribution in [2.24, 2.45) is 0 Å². The molecule has 0 amide bonds. The third-order valence-corrected chi connectivity index (χ3v) is 12.0. The Bertz CT molecular complexity index is 456. The van der Waals surface area contributed by atoms with Gasteiger partial charge in [0.25, 0.3) is 0 Å². The summed E-state index contributed by atoms with van der Waals surface area (Å²) in [5.74, 6) is 0. The largest absolute Gasteiger partial charge is 0.417 e. The molecule has 3 heteroatoms. The Balaban J connectivity index is 2.49. The van der Waals surface area contributed by atoms with Crippen LogP contribution in [0.25, 0.3) is 0 Å². The summed E-state index contributed by atoms with van der Waals surface area (Å²) in [4.78, 5) is 0. The molecule has 0 aromatic heterocycles. The molecule has 0 N–H and O–H groups in total. The van der Waals surface area contributed by atoms with E-state index in [0.29, 0.717) is 5.04 Å². The SMILES string of the molecule is CC(C)(C)[Si](C)(C)OCC/C=C\[Si](C)(C)c1ccccc1. The Morgan fingerprint density at radius 1 is 1.00 bits per heavy atom. The highest BCUT2D eigenvalue weighted by atomic mass is 28.4. The highest BCUT2D eigenvalue weighted by Crippen LogP contribution is 2.36. The number of rotatable bonds is 6. The van der Waals surface area contributed by atoms with Crippen LogP contribution in [-0.2, 0) is 4.43 Å². The van der Waals surface area contributed by atoms with Gasteiger partial charge in [0, 0.05) is 6.61 Å². The molecule has 0 aliphatic heterocycles. The summed E-state index contributed by atoms with van der Waals surface area (Å²) in [7, 11) is -3.02. The summed E-state index contributed by atoms with van der Waals surface area (Å²) in [5, 5.41) is 1.79. The van der Waals surface area contributed by atoms with Crippen molar-refractivity contribution < 1.29 is 4.43 Å². The lowest BCUT2D eigenvalue weighted by Gasteiger charge is -2.36. The fourth-order valence-electron chi connectivity index (χ4n) is 1.94. The van der Waals surface area contributed by atoms with Crippen molar-refractivity contribution in [1.82, 2.24) is 0 Å². The minimum atomic E-state index is -1.59. The lowest BCUT2D eigenvalue weighted by molar-refractivity contribution is 0.294. The molecule has 0 unspecified atom stereocenters. The van der Waals surface area contributed by atoms with Gasteiger partial charge in [-0.05, 0) is 24.6 Å². The van der Waals surface area contributed by atoms with E-state index >= 15 is 0 Å². The summed E-state index contributed by atoms with van der Waals surface area (Å²) < 4.78 is 6.22. The molecule has 1 nitrogen and oxygen atoms in total. The summed E-state index contributed by atoms with van der Waals surface area (Å²) in [6, 6.07) is 10.9. The van der Waals surface area contributed by atoms with Gasteiger partial charge in [-0.2, -0.15) is 0 Å². The monoisotopic (exact) mass is 320 g/mol. The second kappa shape index (κ2) is 7.08. The summed E-state index contributed by atoms with van der Waals surface area (Å²) in [5.41, 5.74) is 2.44. The van der Waals surface area contributed by atoms with Gasteiger partial charge < -0.3 is 4.43 Å². The van der Waals surface area contributed by atoms with E-state index in [1.54, 1.807) is 0 Å². The fraction of sp³-hybridized carbons (Fsp3) is 0.556. The van der Waals surface area contributed by atoms with Gasteiger partial charge in [0.05, 0.1) is 0 Å². The number of hydrogen-bond acceptors (Lipinski definition) is 1. The first kappa shape index (κ1) is 18.4. The third-order valence-electron chi connectivity index (χ3n) is 4.61. The van der Waals surface area contributed by atoms with Crippen LogP contribution in [-0.4, -0.2) is 23.0 Å². The molecule has 0 radical (unpaired) electrons. The van der Waals surface area contributed by atoms with Crippen molar-refractivity contribution >= 4 is 21.6 Å². The Hall–Kier alpha value is -0.646. The molecule has 0 atom stereocenters. The van der Waals surface area contributed by atoms with Gasteiger partial charge in [0.1, 0.15) is 8.07 Å². The molecule has 21 heavy (non-hydrogen) atoms. The van der Waals surface area contributed by atoms with Gasteiger partial charge in [-0.15, -0.1) is 0 Å². The fourth-order valence-corrected chi connectivity index (χ4v) is 5.00. The lowest BCUT2D eigenvalue weighted by atomic mass is 10.2. The number of hydrogen-bond donors (Lipinski definition) is 0. The Labute approximate surface area is 133 Å². The van der Waals surface area contributed by atoms with E-state index in [-0.39, 0.29) is 0 Å². The average Bonchev–Trinajstić information content (AvgIpc) is 2.38. The van der Waals surface area contributed by atoms with Gasteiger partial charge in [0.15, 0.2) is 8.32 Å². The first-order chi connectivity index (χ1) is 9.56. The van der Waals surface area contributed by atoms with E-state index in [2.05, 4.69) is 89.1 Å². The minimum absolute atomic E-state index is 0.300. The molecule has 1 rings (SSSR count). The van der Waals surface area contributed by atoms with E-state index in [4.69, 9.17) is 4.43 Å². The van der Waals surface area contributed by atoms with Gasteiger partial charge in [-0.3, -0.25) is 0 Å². The van der Waals surface area contributed by atoms with Crippen LogP contribution in [0, 0.1) is 0 Å². The Morgan fingerprint density at radius 3 is 2.10 bits per heavy atom. The van der Waals surface area contributed by atoms with Crippen LogP contribution >= 0.6 is 0 Å². The predicted octanol–water partition coefficient (Wildman–Crippen LogP) is 5.11. The van der Waals surface area contributed by atoms with E-state index < -0.39 is 16.4 Å². The van der Waals surface area contributed by atoms with E-state index in [1.165, 1.54) is 5.19 Å². The quantitative estimate of drug-likeness (QED) is 0.523. The van der Waals surface area contributed by atoms with E-state index in [1.807, 2.05) is 0 Å². The summed E-state index contributed by atoms with van der Waals surface area (Å²) in [6.45, 7) is 17.2. The van der Waals surface area contributed by atoms with Crippen LogP contribution in [0.1, 0.15) is 27.2 Å². The normalized spacial score (nSPS) is 13.9. The molecule has 0 aliphatic rings. The topological polar surface area (TPSA) is 9.23 Å². The minimum Gasteiger partial charge on any atom is -0.417 e. The van der Waals surface area contributed by atoms with E-state index in [9.17, 15) is 0 Å². The molecular formula is C18H32OSi2. The van der Waals surface area contributed by atoms with Gasteiger partial charge in [0.2, 0.25) is 0 Å². The maximum absolute atomic E-state index is 6.22. The first-order valence-electron chi connectivity index (χ1n) is 7.93. The zero-order valence-electron chi connectivity index (χ0n) is 14.9. The van der Waals surface area contributed by atoms with Crippen molar-refractivity contribution in [3.05, 3.63) is 42.1 Å². The predicted molar refractivity (Wildman–Crippen MR) is 100 cm³/mol. The smallest absolute Gasteiger partial charge is 0.191 e. The highest BCUT2D eigenvalue weighted by molar-refractivity contribution is 6.93. The average molecular weight is 321 g/mol. The first-order valence-corrected chi connectivity index (χ1v) is 13.9. The van der Waals surface area contributed by atoms with Crippen molar-refractivity contribution in [3.8, 4) is 0 Å². The van der Waals surface area contributed by atoms with Crippen LogP contribution in [0.3, 0.4) is 0 Å². The molecule has 0 saturated carbocycles. The van der Waals surface area contributed by atoms with Crippen molar-refractivity contribution in [2.45, 2.75) is 58.4 Å². The van der Waals surface area contributed by atoms with Gasteiger partial charge in [-0.1, -0.05) is 81.2 Å². The van der Waals surface area contributed by atoms with Crippen LogP contribution < -0.4 is 5.19 Å². The Morgan fingerprint density at radius 2 is 1.57 bits per heavy atom. The second-order valence-corrected chi connectivity index (χ2v) is 17.1. The second-order valence-electron chi connectivity index (χ2n) is 7.89. The molecular weight excluding hydrogens is 288 g/mol.